The molecule has 1 aliphatic heterocycles. The van der Waals surface area contributed by atoms with Crippen LogP contribution < -0.4 is 19.1 Å². The average molecular weight is 408 g/mol. The fourth-order valence-electron chi connectivity index (χ4n) is 3.95. The molecule has 0 N–H and O–H groups in total. The number of fused-ring (bicyclic) bond motifs is 1. The number of benzene rings is 2. The summed E-state index contributed by atoms with van der Waals surface area (Å²) in [5.74, 6) is 1.60. The second-order valence-corrected chi connectivity index (χ2v) is 7.10. The summed E-state index contributed by atoms with van der Waals surface area (Å²) in [6.07, 6.45) is 2.20. The third kappa shape index (κ3) is 3.24. The summed E-state index contributed by atoms with van der Waals surface area (Å²) in [6, 6.07) is 13.4. The van der Waals surface area contributed by atoms with Crippen LogP contribution in [0, 0.1) is 0 Å². The summed E-state index contributed by atoms with van der Waals surface area (Å²) < 4.78 is 18.0. The van der Waals surface area contributed by atoms with E-state index in [2.05, 4.69) is 22.2 Å². The van der Waals surface area contributed by atoms with Gasteiger partial charge in [-0.2, -0.15) is 10.1 Å². The molecule has 0 spiro atoms. The summed E-state index contributed by atoms with van der Waals surface area (Å²) in [7, 11) is 4.58. The molecule has 8 nitrogen and oxygen atoms in total. The van der Waals surface area contributed by atoms with Crippen molar-refractivity contribution in [3.63, 3.8) is 0 Å². The van der Waals surface area contributed by atoms with Crippen molar-refractivity contribution >= 4 is 11.9 Å². The Balaban J connectivity index is 1.75. The maximum Gasteiger partial charge on any atom is 0.261 e. The van der Waals surface area contributed by atoms with Crippen LogP contribution in [0.3, 0.4) is 0 Å². The zero-order valence-electron chi connectivity index (χ0n) is 17.4. The molecule has 2 aromatic carbocycles. The number of aromatic nitrogens is 3. The van der Waals surface area contributed by atoms with Gasteiger partial charge in [0.25, 0.3) is 5.91 Å². The number of amides is 1. The molecule has 0 saturated heterocycles. The highest BCUT2D eigenvalue weighted by Gasteiger charge is 2.37. The highest BCUT2D eigenvalue weighted by Crippen LogP contribution is 2.40. The van der Waals surface area contributed by atoms with E-state index < -0.39 is 0 Å². The number of nitrogens with zero attached hydrogens (tertiary/aromatic N) is 4. The van der Waals surface area contributed by atoms with E-state index in [-0.39, 0.29) is 18.0 Å². The van der Waals surface area contributed by atoms with Crippen molar-refractivity contribution < 1.29 is 19.0 Å². The predicted octanol–water partition coefficient (Wildman–Crippen LogP) is 3.33. The summed E-state index contributed by atoms with van der Waals surface area (Å²) in [4.78, 5) is 19.6. The Labute approximate surface area is 175 Å². The quantitative estimate of drug-likeness (QED) is 0.644. The monoisotopic (exact) mass is 408 g/mol. The van der Waals surface area contributed by atoms with Crippen molar-refractivity contribution in [3.05, 3.63) is 59.9 Å². The van der Waals surface area contributed by atoms with E-state index in [4.69, 9.17) is 14.2 Å². The SMILES string of the molecule is COc1cc(C(=O)N2c3ncnn3[C@H](c3ccccc3)C[C@H]2C)cc(OC)c1OC. The minimum absolute atomic E-state index is 0.0164. The van der Waals surface area contributed by atoms with E-state index in [1.807, 2.05) is 29.8 Å². The second kappa shape index (κ2) is 8.06. The van der Waals surface area contributed by atoms with E-state index in [9.17, 15) is 4.79 Å². The van der Waals surface area contributed by atoms with Gasteiger partial charge in [-0.25, -0.2) is 4.68 Å². The number of hydrogen-bond acceptors (Lipinski definition) is 6. The molecule has 0 saturated carbocycles. The molecule has 1 aliphatic rings. The molecule has 1 aromatic heterocycles. The zero-order chi connectivity index (χ0) is 21.3. The Bertz CT molecular complexity index is 1030. The standard InChI is InChI=1S/C22H24N4O4/c1-14-10-17(15-8-6-5-7-9-15)26-22(23-13-24-26)25(14)21(27)16-11-18(28-2)20(30-4)19(12-16)29-3/h5-9,11-14,17H,10H2,1-4H3/t14-,17+/m1/s1. The molecular formula is C22H24N4O4. The van der Waals surface area contributed by atoms with Gasteiger partial charge in [0.15, 0.2) is 11.5 Å². The molecule has 0 radical (unpaired) electrons. The third-order valence-electron chi connectivity index (χ3n) is 5.38. The molecule has 2 heterocycles. The minimum atomic E-state index is -0.206. The maximum absolute atomic E-state index is 13.5. The van der Waals surface area contributed by atoms with Crippen LogP contribution in [-0.2, 0) is 0 Å². The third-order valence-corrected chi connectivity index (χ3v) is 5.38. The van der Waals surface area contributed by atoms with Crippen LogP contribution >= 0.6 is 0 Å². The molecule has 156 valence electrons. The second-order valence-electron chi connectivity index (χ2n) is 7.10. The summed E-state index contributed by atoms with van der Waals surface area (Å²) in [6.45, 7) is 2.02. The van der Waals surface area contributed by atoms with Crippen molar-refractivity contribution in [3.8, 4) is 17.2 Å². The van der Waals surface area contributed by atoms with E-state index in [0.717, 1.165) is 12.0 Å². The number of anilines is 1. The van der Waals surface area contributed by atoms with Crippen molar-refractivity contribution in [1.82, 2.24) is 14.8 Å². The molecule has 0 fully saturated rings. The first-order chi connectivity index (χ1) is 14.6. The lowest BCUT2D eigenvalue weighted by atomic mass is 9.97. The fourth-order valence-corrected chi connectivity index (χ4v) is 3.95. The van der Waals surface area contributed by atoms with Gasteiger partial charge >= 0.3 is 0 Å². The molecule has 0 bridgehead atoms. The lowest BCUT2D eigenvalue weighted by Crippen LogP contribution is -2.46. The molecule has 0 aliphatic carbocycles. The topological polar surface area (TPSA) is 78.7 Å². The summed E-state index contributed by atoms with van der Waals surface area (Å²) in [5.41, 5.74) is 1.56. The molecule has 4 rings (SSSR count). The number of hydrogen-bond donors (Lipinski definition) is 0. The number of ether oxygens (including phenoxy) is 3. The van der Waals surface area contributed by atoms with Crippen molar-refractivity contribution in [2.45, 2.75) is 25.4 Å². The number of carbonyl (C=O) groups excluding carboxylic acids is 1. The Morgan fingerprint density at radius 1 is 1.03 bits per heavy atom. The maximum atomic E-state index is 13.5. The first-order valence-electron chi connectivity index (χ1n) is 9.67. The lowest BCUT2D eigenvalue weighted by Gasteiger charge is -2.37. The average Bonchev–Trinajstić information content (AvgIpc) is 3.27. The van der Waals surface area contributed by atoms with Gasteiger partial charge in [-0.05, 0) is 31.0 Å². The largest absolute Gasteiger partial charge is 0.493 e. The van der Waals surface area contributed by atoms with Crippen LogP contribution in [0.5, 0.6) is 17.2 Å². The van der Waals surface area contributed by atoms with Gasteiger partial charge in [-0.1, -0.05) is 30.3 Å². The number of rotatable bonds is 5. The van der Waals surface area contributed by atoms with Crippen LogP contribution in [0.1, 0.15) is 35.3 Å². The predicted molar refractivity (Wildman–Crippen MR) is 112 cm³/mol. The Kier molecular flexibility index (Phi) is 5.31. The number of methoxy groups -OCH3 is 3. The number of carbonyl (C=O) groups is 1. The van der Waals surface area contributed by atoms with Crippen LogP contribution in [0.2, 0.25) is 0 Å². The summed E-state index contributed by atoms with van der Waals surface area (Å²) in [5, 5.41) is 4.41. The van der Waals surface area contributed by atoms with E-state index >= 15 is 0 Å². The normalized spacial score (nSPS) is 17.9. The Morgan fingerprint density at radius 2 is 1.70 bits per heavy atom. The van der Waals surface area contributed by atoms with E-state index in [1.54, 1.807) is 17.0 Å². The fraction of sp³-hybridized carbons (Fsp3) is 0.318. The molecule has 1 amide bonds. The van der Waals surface area contributed by atoms with Crippen molar-refractivity contribution in [2.24, 2.45) is 0 Å². The highest BCUT2D eigenvalue weighted by molar-refractivity contribution is 6.06. The van der Waals surface area contributed by atoms with E-state index in [1.165, 1.54) is 27.7 Å². The van der Waals surface area contributed by atoms with Gasteiger partial charge in [0.2, 0.25) is 11.7 Å². The smallest absolute Gasteiger partial charge is 0.261 e. The first kappa shape index (κ1) is 19.8. The van der Waals surface area contributed by atoms with Crippen LogP contribution in [0.4, 0.5) is 5.95 Å². The molecule has 8 heteroatoms. The molecular weight excluding hydrogens is 384 g/mol. The highest BCUT2D eigenvalue weighted by atomic mass is 16.5. The Hall–Kier alpha value is -3.55. The lowest BCUT2D eigenvalue weighted by molar-refractivity contribution is 0.0965. The van der Waals surface area contributed by atoms with Gasteiger partial charge in [0.1, 0.15) is 6.33 Å². The van der Waals surface area contributed by atoms with Crippen LogP contribution in [0.25, 0.3) is 0 Å². The molecule has 2 atom stereocenters. The van der Waals surface area contributed by atoms with Gasteiger partial charge < -0.3 is 14.2 Å². The van der Waals surface area contributed by atoms with Gasteiger partial charge in [-0.15, -0.1) is 0 Å². The van der Waals surface area contributed by atoms with Gasteiger partial charge in [0, 0.05) is 11.6 Å². The van der Waals surface area contributed by atoms with Crippen LogP contribution in [0.15, 0.2) is 48.8 Å². The van der Waals surface area contributed by atoms with Crippen molar-refractivity contribution in [1.29, 1.82) is 0 Å². The molecule has 0 unspecified atom stereocenters. The van der Waals surface area contributed by atoms with E-state index in [0.29, 0.717) is 28.8 Å². The minimum Gasteiger partial charge on any atom is -0.493 e. The summed E-state index contributed by atoms with van der Waals surface area (Å²) >= 11 is 0. The first-order valence-corrected chi connectivity index (χ1v) is 9.67. The molecule has 30 heavy (non-hydrogen) atoms. The Morgan fingerprint density at radius 3 is 2.30 bits per heavy atom. The van der Waals surface area contributed by atoms with Gasteiger partial charge in [0.05, 0.1) is 27.4 Å². The van der Waals surface area contributed by atoms with Gasteiger partial charge in [-0.3, -0.25) is 9.69 Å². The zero-order valence-corrected chi connectivity index (χ0v) is 17.4. The van der Waals surface area contributed by atoms with Crippen molar-refractivity contribution in [2.75, 3.05) is 26.2 Å². The van der Waals surface area contributed by atoms with Crippen LogP contribution in [-0.4, -0.2) is 48.0 Å². The molecule has 3 aromatic rings.